The van der Waals surface area contributed by atoms with Crippen molar-refractivity contribution in [3.8, 4) is 5.75 Å². The minimum absolute atomic E-state index is 0.0879. The molecule has 1 rings (SSSR count). The van der Waals surface area contributed by atoms with E-state index >= 15 is 0 Å². The Hall–Kier alpha value is -1.55. The summed E-state index contributed by atoms with van der Waals surface area (Å²) >= 11 is 0. The van der Waals surface area contributed by atoms with Gasteiger partial charge in [0.1, 0.15) is 5.75 Å². The van der Waals surface area contributed by atoms with Crippen LogP contribution in [-0.2, 0) is 11.3 Å². The quantitative estimate of drug-likeness (QED) is 0.813. The second-order valence-corrected chi connectivity index (χ2v) is 4.22. The van der Waals surface area contributed by atoms with Gasteiger partial charge >= 0.3 is 0 Å². The zero-order chi connectivity index (χ0) is 12.8. The molecule has 0 radical (unpaired) electrons. The summed E-state index contributed by atoms with van der Waals surface area (Å²) in [6.07, 6.45) is 1.57. The lowest BCUT2D eigenvalue weighted by molar-refractivity contribution is -0.132. The molecule has 0 aliphatic carbocycles. The summed E-state index contributed by atoms with van der Waals surface area (Å²) in [6.45, 7) is 2.37. The van der Waals surface area contributed by atoms with Gasteiger partial charge in [-0.1, -0.05) is 31.5 Å². The number of phenols is 1. The lowest BCUT2D eigenvalue weighted by Gasteiger charge is -2.21. The van der Waals surface area contributed by atoms with E-state index < -0.39 is 6.04 Å². The molecule has 0 unspecified atom stereocenters. The molecule has 0 aliphatic rings. The Morgan fingerprint density at radius 2 is 2.12 bits per heavy atom. The zero-order valence-electron chi connectivity index (χ0n) is 10.4. The molecule has 0 fully saturated rings. The molecular weight excluding hydrogens is 216 g/mol. The van der Waals surface area contributed by atoms with Crippen molar-refractivity contribution in [3.63, 3.8) is 0 Å². The standard InChI is InChI=1S/C13H20N2O2/c1-3-6-11(14)13(17)15(2)9-10-7-4-5-8-12(10)16/h4-5,7-8,11,16H,3,6,9,14H2,1-2H3/t11-/m0/s1. The summed E-state index contributed by atoms with van der Waals surface area (Å²) < 4.78 is 0. The number of hydrogen-bond acceptors (Lipinski definition) is 3. The second-order valence-electron chi connectivity index (χ2n) is 4.22. The number of nitrogens with zero attached hydrogens (tertiary/aromatic N) is 1. The van der Waals surface area contributed by atoms with Gasteiger partial charge in [-0.3, -0.25) is 4.79 Å². The molecule has 4 heteroatoms. The molecule has 4 nitrogen and oxygen atoms in total. The van der Waals surface area contributed by atoms with Gasteiger partial charge in [-0.15, -0.1) is 0 Å². The van der Waals surface area contributed by atoms with E-state index in [4.69, 9.17) is 5.73 Å². The summed E-state index contributed by atoms with van der Waals surface area (Å²) in [4.78, 5) is 13.4. The van der Waals surface area contributed by atoms with E-state index in [1.165, 1.54) is 0 Å². The van der Waals surface area contributed by atoms with Gasteiger partial charge in [0.15, 0.2) is 0 Å². The molecule has 0 spiro atoms. The molecule has 94 valence electrons. The van der Waals surface area contributed by atoms with Crippen molar-refractivity contribution in [3.05, 3.63) is 29.8 Å². The van der Waals surface area contributed by atoms with E-state index in [0.717, 1.165) is 12.0 Å². The Kier molecular flexibility index (Phi) is 4.97. The van der Waals surface area contributed by atoms with Gasteiger partial charge in [-0.25, -0.2) is 0 Å². The van der Waals surface area contributed by atoms with Crippen LogP contribution in [0.15, 0.2) is 24.3 Å². The van der Waals surface area contributed by atoms with Gasteiger partial charge in [-0.2, -0.15) is 0 Å². The van der Waals surface area contributed by atoms with E-state index in [1.807, 2.05) is 13.0 Å². The average molecular weight is 236 g/mol. The van der Waals surface area contributed by atoms with Crippen molar-refractivity contribution in [2.45, 2.75) is 32.4 Å². The highest BCUT2D eigenvalue weighted by molar-refractivity contribution is 5.81. The highest BCUT2D eigenvalue weighted by atomic mass is 16.3. The van der Waals surface area contributed by atoms with Crippen LogP contribution in [-0.4, -0.2) is 29.0 Å². The highest BCUT2D eigenvalue weighted by Gasteiger charge is 2.17. The summed E-state index contributed by atoms with van der Waals surface area (Å²) in [5.74, 6) is 0.117. The third-order valence-electron chi connectivity index (χ3n) is 2.69. The molecule has 3 N–H and O–H groups in total. The number of rotatable bonds is 5. The second kappa shape index (κ2) is 6.25. The molecule has 0 saturated carbocycles. The first-order chi connectivity index (χ1) is 8.06. The maximum atomic E-state index is 11.9. The molecule has 0 saturated heterocycles. The van der Waals surface area contributed by atoms with Gasteiger partial charge in [0.05, 0.1) is 6.04 Å². The van der Waals surface area contributed by atoms with E-state index in [-0.39, 0.29) is 11.7 Å². The lowest BCUT2D eigenvalue weighted by atomic mass is 10.1. The van der Waals surface area contributed by atoms with Crippen LogP contribution in [0.1, 0.15) is 25.3 Å². The van der Waals surface area contributed by atoms with Crippen LogP contribution in [0.5, 0.6) is 5.75 Å². The van der Waals surface area contributed by atoms with E-state index in [1.54, 1.807) is 30.1 Å². The fourth-order valence-corrected chi connectivity index (χ4v) is 1.70. The van der Waals surface area contributed by atoms with Crippen molar-refractivity contribution in [1.82, 2.24) is 4.90 Å². The Bertz CT molecular complexity index is 379. The van der Waals surface area contributed by atoms with Gasteiger partial charge < -0.3 is 15.7 Å². The van der Waals surface area contributed by atoms with Crippen LogP contribution in [0.4, 0.5) is 0 Å². The number of phenolic OH excluding ortho intramolecular Hbond substituents is 1. The maximum Gasteiger partial charge on any atom is 0.239 e. The number of amides is 1. The maximum absolute atomic E-state index is 11.9. The number of carbonyl (C=O) groups excluding carboxylic acids is 1. The van der Waals surface area contributed by atoms with Gasteiger partial charge in [0, 0.05) is 19.2 Å². The van der Waals surface area contributed by atoms with Gasteiger partial charge in [-0.05, 0) is 12.5 Å². The highest BCUT2D eigenvalue weighted by Crippen LogP contribution is 2.17. The molecular formula is C13H20N2O2. The first-order valence-electron chi connectivity index (χ1n) is 5.83. The topological polar surface area (TPSA) is 66.6 Å². The molecule has 1 atom stereocenters. The predicted octanol–water partition coefficient (Wildman–Crippen LogP) is 1.48. The molecule has 1 amide bonds. The van der Waals surface area contributed by atoms with Crippen molar-refractivity contribution in [2.75, 3.05) is 7.05 Å². The largest absolute Gasteiger partial charge is 0.508 e. The Morgan fingerprint density at radius 3 is 2.71 bits per heavy atom. The number of benzene rings is 1. The number of hydrogen-bond donors (Lipinski definition) is 2. The van der Waals surface area contributed by atoms with Crippen molar-refractivity contribution < 1.29 is 9.90 Å². The summed E-state index contributed by atoms with van der Waals surface area (Å²) in [5.41, 5.74) is 6.50. The van der Waals surface area contributed by atoms with Crippen molar-refractivity contribution in [2.24, 2.45) is 5.73 Å². The normalized spacial score (nSPS) is 12.2. The zero-order valence-corrected chi connectivity index (χ0v) is 10.4. The third kappa shape index (κ3) is 3.75. The fraction of sp³-hybridized carbons (Fsp3) is 0.462. The van der Waals surface area contributed by atoms with Crippen molar-refractivity contribution in [1.29, 1.82) is 0 Å². The smallest absolute Gasteiger partial charge is 0.239 e. The lowest BCUT2D eigenvalue weighted by Crippen LogP contribution is -2.41. The fourth-order valence-electron chi connectivity index (χ4n) is 1.70. The van der Waals surface area contributed by atoms with Crippen LogP contribution in [0, 0.1) is 0 Å². The minimum atomic E-state index is -0.448. The molecule has 1 aromatic rings. The SMILES string of the molecule is CCC[C@H](N)C(=O)N(C)Cc1ccccc1O. The summed E-state index contributed by atoms with van der Waals surface area (Å²) in [7, 11) is 1.70. The van der Waals surface area contributed by atoms with Crippen LogP contribution >= 0.6 is 0 Å². The number of para-hydroxylation sites is 1. The summed E-state index contributed by atoms with van der Waals surface area (Å²) in [5, 5.41) is 9.61. The first-order valence-corrected chi connectivity index (χ1v) is 5.83. The molecule has 1 aromatic carbocycles. The molecule has 0 heterocycles. The number of nitrogens with two attached hydrogens (primary N) is 1. The van der Waals surface area contributed by atoms with E-state index in [0.29, 0.717) is 13.0 Å². The molecule has 0 aromatic heterocycles. The van der Waals surface area contributed by atoms with Crippen LogP contribution in [0.2, 0.25) is 0 Å². The number of carbonyl (C=O) groups is 1. The Labute approximate surface area is 102 Å². The van der Waals surface area contributed by atoms with Crippen molar-refractivity contribution >= 4 is 5.91 Å². The predicted molar refractivity (Wildman–Crippen MR) is 67.5 cm³/mol. The monoisotopic (exact) mass is 236 g/mol. The average Bonchev–Trinajstić information content (AvgIpc) is 2.31. The van der Waals surface area contributed by atoms with Gasteiger partial charge in [0.25, 0.3) is 0 Å². The number of likely N-dealkylation sites (N-methyl/N-ethyl adjacent to an activating group) is 1. The minimum Gasteiger partial charge on any atom is -0.508 e. The van der Waals surface area contributed by atoms with Crippen LogP contribution in [0.25, 0.3) is 0 Å². The molecule has 17 heavy (non-hydrogen) atoms. The molecule has 0 aliphatic heterocycles. The third-order valence-corrected chi connectivity index (χ3v) is 2.69. The van der Waals surface area contributed by atoms with E-state index in [9.17, 15) is 9.90 Å². The number of aromatic hydroxyl groups is 1. The Balaban J connectivity index is 2.63. The van der Waals surface area contributed by atoms with Gasteiger partial charge in [0.2, 0.25) is 5.91 Å². The summed E-state index contributed by atoms with van der Waals surface area (Å²) in [6, 6.07) is 6.54. The first kappa shape index (κ1) is 13.5. The van der Waals surface area contributed by atoms with Crippen LogP contribution in [0.3, 0.4) is 0 Å². The molecule has 0 bridgehead atoms. The Morgan fingerprint density at radius 1 is 1.47 bits per heavy atom. The van der Waals surface area contributed by atoms with E-state index in [2.05, 4.69) is 0 Å². The van der Waals surface area contributed by atoms with Crippen LogP contribution < -0.4 is 5.73 Å².